The van der Waals surface area contributed by atoms with E-state index in [1.165, 1.54) is 6.42 Å². The number of sulfonamides is 1. The van der Waals surface area contributed by atoms with Crippen molar-refractivity contribution < 1.29 is 17.9 Å². The molecule has 2 heterocycles. The Hall–Kier alpha value is -1.31. The van der Waals surface area contributed by atoms with E-state index in [1.54, 1.807) is 10.4 Å². The van der Waals surface area contributed by atoms with Crippen LogP contribution in [0.5, 0.6) is 5.75 Å². The Kier molecular flexibility index (Phi) is 8.21. The largest absolute Gasteiger partial charge is 0.485 e. The van der Waals surface area contributed by atoms with Gasteiger partial charge in [0.25, 0.3) is 0 Å². The zero-order valence-electron chi connectivity index (χ0n) is 17.9. The molecule has 1 fully saturated rings. The van der Waals surface area contributed by atoms with Crippen molar-refractivity contribution in [2.75, 3.05) is 44.3 Å². The number of fused-ring (bicyclic) bond motifs is 1. The number of hydrogen-bond acceptors (Lipinski definition) is 5. The second-order valence-corrected chi connectivity index (χ2v) is 9.91. The Morgan fingerprint density at radius 3 is 2.59 bits per heavy atom. The molecule has 0 bridgehead atoms. The zero-order chi connectivity index (χ0) is 20.7. The predicted octanol–water partition coefficient (Wildman–Crippen LogP) is 4.05. The molecule has 1 saturated heterocycles. The van der Waals surface area contributed by atoms with E-state index in [9.17, 15) is 8.42 Å². The number of hydrogen-bond donors (Lipinski definition) is 0. The molecular weight excluding hydrogens is 388 g/mol. The van der Waals surface area contributed by atoms with E-state index in [0.29, 0.717) is 36.9 Å². The normalized spacial score (nSPS) is 22.0. The fraction of sp³-hybridized carbons (Fsp3) is 0.727. The van der Waals surface area contributed by atoms with Crippen molar-refractivity contribution in [2.45, 2.75) is 69.8 Å². The van der Waals surface area contributed by atoms with Crippen LogP contribution >= 0.6 is 0 Å². The van der Waals surface area contributed by atoms with E-state index >= 15 is 0 Å². The first-order valence-electron chi connectivity index (χ1n) is 11.2. The molecule has 0 aromatic heterocycles. The van der Waals surface area contributed by atoms with E-state index in [0.717, 1.165) is 57.3 Å². The molecular formula is C22H36N2O4S. The van der Waals surface area contributed by atoms with Crippen molar-refractivity contribution in [3.05, 3.63) is 18.2 Å². The minimum absolute atomic E-state index is 0.295. The average Bonchev–Trinajstić information content (AvgIpc) is 2.84. The summed E-state index contributed by atoms with van der Waals surface area (Å²) in [6, 6.07) is 5.64. The summed E-state index contributed by atoms with van der Waals surface area (Å²) in [5.41, 5.74) is 0.788. The maximum atomic E-state index is 13.7. The smallest absolute Gasteiger partial charge is 0.248 e. The van der Waals surface area contributed by atoms with E-state index in [4.69, 9.17) is 9.47 Å². The topological polar surface area (TPSA) is 59.1 Å². The molecule has 0 saturated carbocycles. The second-order valence-electron chi connectivity index (χ2n) is 8.04. The van der Waals surface area contributed by atoms with E-state index in [1.807, 2.05) is 12.1 Å². The van der Waals surface area contributed by atoms with Gasteiger partial charge in [0.15, 0.2) is 0 Å². The SMILES string of the molecule is CCCCOCC1CN(CCCC)S(=O)(=O)c2c(cccc2N2CCCCC2)O1. The Labute approximate surface area is 176 Å². The highest BCUT2D eigenvalue weighted by atomic mass is 32.2. The van der Waals surface area contributed by atoms with Gasteiger partial charge in [0.05, 0.1) is 18.8 Å². The van der Waals surface area contributed by atoms with Crippen molar-refractivity contribution in [3.8, 4) is 5.75 Å². The van der Waals surface area contributed by atoms with Crippen LogP contribution in [0.2, 0.25) is 0 Å². The number of benzene rings is 1. The number of unbranched alkanes of at least 4 members (excludes halogenated alkanes) is 2. The lowest BCUT2D eigenvalue weighted by molar-refractivity contribution is 0.0411. The highest BCUT2D eigenvalue weighted by Gasteiger charge is 2.37. The molecule has 2 aliphatic rings. The fourth-order valence-electron chi connectivity index (χ4n) is 4.01. The zero-order valence-corrected chi connectivity index (χ0v) is 18.8. The minimum atomic E-state index is -3.63. The van der Waals surface area contributed by atoms with Crippen molar-refractivity contribution in [3.63, 3.8) is 0 Å². The van der Waals surface area contributed by atoms with Gasteiger partial charge in [0.2, 0.25) is 10.0 Å². The first-order chi connectivity index (χ1) is 14.1. The minimum Gasteiger partial charge on any atom is -0.485 e. The Morgan fingerprint density at radius 1 is 1.10 bits per heavy atom. The molecule has 1 aromatic carbocycles. The second kappa shape index (κ2) is 10.6. The van der Waals surface area contributed by atoms with Crippen LogP contribution in [-0.2, 0) is 14.8 Å². The molecule has 3 rings (SSSR count). The summed E-state index contributed by atoms with van der Waals surface area (Å²) in [5.74, 6) is 0.469. The number of nitrogens with zero attached hydrogens (tertiary/aromatic N) is 2. The first kappa shape index (κ1) is 22.4. The molecule has 0 radical (unpaired) electrons. The van der Waals surface area contributed by atoms with Gasteiger partial charge in [0, 0.05) is 26.2 Å². The summed E-state index contributed by atoms with van der Waals surface area (Å²) < 4.78 is 41.0. The Bertz CT molecular complexity index is 747. The fourth-order valence-corrected chi connectivity index (χ4v) is 5.83. The van der Waals surface area contributed by atoms with Crippen molar-refractivity contribution in [2.24, 2.45) is 0 Å². The van der Waals surface area contributed by atoms with E-state index < -0.39 is 10.0 Å². The van der Waals surface area contributed by atoms with Crippen molar-refractivity contribution >= 4 is 15.7 Å². The van der Waals surface area contributed by atoms with Crippen molar-refractivity contribution in [1.82, 2.24) is 4.31 Å². The molecule has 0 aliphatic carbocycles. The van der Waals surface area contributed by atoms with Gasteiger partial charge in [-0.1, -0.05) is 32.8 Å². The van der Waals surface area contributed by atoms with Gasteiger partial charge in [-0.2, -0.15) is 4.31 Å². The number of piperidine rings is 1. The predicted molar refractivity (Wildman–Crippen MR) is 116 cm³/mol. The van der Waals surface area contributed by atoms with Crippen LogP contribution in [0, 0.1) is 0 Å². The summed E-state index contributed by atoms with van der Waals surface area (Å²) in [4.78, 5) is 2.55. The third-order valence-corrected chi connectivity index (χ3v) is 7.60. The van der Waals surface area contributed by atoms with Gasteiger partial charge >= 0.3 is 0 Å². The van der Waals surface area contributed by atoms with Crippen LogP contribution in [0.1, 0.15) is 58.8 Å². The maximum Gasteiger partial charge on any atom is 0.248 e. The molecule has 29 heavy (non-hydrogen) atoms. The highest BCUT2D eigenvalue weighted by molar-refractivity contribution is 7.89. The van der Waals surface area contributed by atoms with Crippen LogP contribution in [0.4, 0.5) is 5.69 Å². The molecule has 0 amide bonds. The van der Waals surface area contributed by atoms with Gasteiger partial charge in [-0.25, -0.2) is 8.42 Å². The summed E-state index contributed by atoms with van der Waals surface area (Å²) in [6.45, 7) is 7.94. The van der Waals surface area contributed by atoms with Gasteiger partial charge in [-0.05, 0) is 44.2 Å². The average molecular weight is 425 g/mol. The summed E-state index contributed by atoms with van der Waals surface area (Å²) in [6.07, 6.45) is 6.96. The van der Waals surface area contributed by atoms with Gasteiger partial charge in [-0.15, -0.1) is 0 Å². The standard InChI is InChI=1S/C22H36N2O4S/c1-3-5-15-24-17-19(18-27-16-6-4-2)28-21-12-10-11-20(22(21)29(24,25)26)23-13-8-7-9-14-23/h10-12,19H,3-9,13-18H2,1-2H3. The van der Waals surface area contributed by atoms with Crippen LogP contribution in [0.3, 0.4) is 0 Å². The summed E-state index contributed by atoms with van der Waals surface area (Å²) in [5, 5.41) is 0. The molecule has 0 N–H and O–H groups in total. The Morgan fingerprint density at radius 2 is 1.86 bits per heavy atom. The number of anilines is 1. The highest BCUT2D eigenvalue weighted by Crippen LogP contribution is 2.39. The number of rotatable bonds is 9. The lowest BCUT2D eigenvalue weighted by atomic mass is 10.1. The first-order valence-corrected chi connectivity index (χ1v) is 12.6. The summed E-state index contributed by atoms with van der Waals surface area (Å²) >= 11 is 0. The number of ether oxygens (including phenoxy) is 2. The quantitative estimate of drug-likeness (QED) is 0.560. The van der Waals surface area contributed by atoms with E-state index in [2.05, 4.69) is 18.7 Å². The monoisotopic (exact) mass is 424 g/mol. The van der Waals surface area contributed by atoms with Crippen LogP contribution in [-0.4, -0.2) is 58.2 Å². The molecule has 6 nitrogen and oxygen atoms in total. The Balaban J connectivity index is 1.93. The molecule has 7 heteroatoms. The van der Waals surface area contributed by atoms with Crippen LogP contribution in [0.25, 0.3) is 0 Å². The van der Waals surface area contributed by atoms with Crippen molar-refractivity contribution in [1.29, 1.82) is 0 Å². The molecule has 0 spiro atoms. The molecule has 1 unspecified atom stereocenters. The van der Waals surface area contributed by atoms with Gasteiger partial charge < -0.3 is 14.4 Å². The third-order valence-electron chi connectivity index (χ3n) is 5.66. The van der Waals surface area contributed by atoms with Crippen LogP contribution < -0.4 is 9.64 Å². The summed E-state index contributed by atoms with van der Waals surface area (Å²) in [7, 11) is -3.63. The molecule has 1 atom stereocenters. The molecule has 2 aliphatic heterocycles. The lowest BCUT2D eigenvalue weighted by Gasteiger charge is -2.31. The van der Waals surface area contributed by atoms with E-state index in [-0.39, 0.29) is 6.10 Å². The maximum absolute atomic E-state index is 13.7. The molecule has 164 valence electrons. The molecule has 1 aromatic rings. The third kappa shape index (κ3) is 5.44. The van der Waals surface area contributed by atoms with Crippen LogP contribution in [0.15, 0.2) is 23.1 Å². The lowest BCUT2D eigenvalue weighted by Crippen LogP contribution is -2.40. The van der Waals surface area contributed by atoms with Gasteiger partial charge in [-0.3, -0.25) is 0 Å². The van der Waals surface area contributed by atoms with Gasteiger partial charge in [0.1, 0.15) is 16.7 Å².